The minimum absolute atomic E-state index is 0.0993. The van der Waals surface area contributed by atoms with E-state index in [-0.39, 0.29) is 29.1 Å². The van der Waals surface area contributed by atoms with Crippen molar-refractivity contribution in [2.75, 3.05) is 11.4 Å². The summed E-state index contributed by atoms with van der Waals surface area (Å²) in [5.41, 5.74) is 0.425. The molecule has 2 rings (SSSR count). The fourth-order valence-electron chi connectivity index (χ4n) is 1.79. The third kappa shape index (κ3) is 2.35. The largest absolute Gasteiger partial charge is 0.313 e. The topological polar surface area (TPSA) is 76.3 Å². The first-order valence-electron chi connectivity index (χ1n) is 5.20. The van der Waals surface area contributed by atoms with Crippen LogP contribution in [0.4, 0.5) is 11.5 Å². The van der Waals surface area contributed by atoms with Crippen LogP contribution < -0.4 is 4.90 Å². The van der Waals surface area contributed by atoms with Gasteiger partial charge in [-0.1, -0.05) is 0 Å². The molecule has 1 aliphatic heterocycles. The Morgan fingerprint density at radius 1 is 1.67 bits per heavy atom. The molecule has 18 heavy (non-hydrogen) atoms. The second-order valence-electron chi connectivity index (χ2n) is 4.02. The zero-order valence-corrected chi connectivity index (χ0v) is 11.9. The molecule has 0 aromatic carbocycles. The van der Waals surface area contributed by atoms with Gasteiger partial charge in [-0.15, -0.1) is 0 Å². The summed E-state index contributed by atoms with van der Waals surface area (Å²) in [5.74, 6) is -0.0884. The summed E-state index contributed by atoms with van der Waals surface area (Å²) in [4.78, 5) is 27.7. The third-order valence-electron chi connectivity index (χ3n) is 2.67. The number of aromatic nitrogens is 1. The fourth-order valence-corrected chi connectivity index (χ4v) is 2.41. The maximum Gasteiger partial charge on any atom is 0.313 e. The molecule has 0 aliphatic carbocycles. The van der Waals surface area contributed by atoms with E-state index in [2.05, 4.69) is 33.5 Å². The standard InChI is InChI=1S/C10H10BrN3O3S/c1-5-7(11)3-8(14(16)17)10(12-5)13-4-6(18)2-9(13)15/h3,6,18H,2,4H2,1H3. The van der Waals surface area contributed by atoms with Gasteiger partial charge in [-0.05, 0) is 22.9 Å². The Kier molecular flexibility index (Phi) is 3.58. The highest BCUT2D eigenvalue weighted by molar-refractivity contribution is 9.10. The molecule has 1 atom stereocenters. The first-order chi connectivity index (χ1) is 8.40. The van der Waals surface area contributed by atoms with Crippen molar-refractivity contribution < 1.29 is 9.72 Å². The Bertz CT molecular complexity index is 537. The van der Waals surface area contributed by atoms with E-state index in [0.717, 1.165) is 0 Å². The number of nitrogens with zero attached hydrogens (tertiary/aromatic N) is 3. The van der Waals surface area contributed by atoms with Gasteiger partial charge in [0.1, 0.15) is 0 Å². The molecule has 1 unspecified atom stereocenters. The monoisotopic (exact) mass is 331 g/mol. The van der Waals surface area contributed by atoms with Crippen LogP contribution in [0.2, 0.25) is 0 Å². The van der Waals surface area contributed by atoms with Crippen LogP contribution in [0.5, 0.6) is 0 Å². The molecule has 1 fully saturated rings. The second kappa shape index (κ2) is 4.85. The molecule has 1 aromatic rings. The molecule has 2 heterocycles. The molecular weight excluding hydrogens is 322 g/mol. The predicted octanol–water partition coefficient (Wildman–Crippen LogP) is 2.10. The van der Waals surface area contributed by atoms with Gasteiger partial charge in [-0.25, -0.2) is 4.98 Å². The highest BCUT2D eigenvalue weighted by Crippen LogP contribution is 2.33. The number of carbonyl (C=O) groups is 1. The van der Waals surface area contributed by atoms with Crippen molar-refractivity contribution in [2.45, 2.75) is 18.6 Å². The van der Waals surface area contributed by atoms with Gasteiger partial charge in [0.25, 0.3) is 0 Å². The van der Waals surface area contributed by atoms with Gasteiger partial charge in [0.2, 0.25) is 11.7 Å². The molecular formula is C10H10BrN3O3S. The van der Waals surface area contributed by atoms with Gasteiger partial charge in [0.05, 0.1) is 10.6 Å². The van der Waals surface area contributed by atoms with Crippen LogP contribution in [0.25, 0.3) is 0 Å². The normalized spacial score (nSPS) is 19.4. The van der Waals surface area contributed by atoms with Gasteiger partial charge in [0, 0.05) is 28.8 Å². The number of pyridine rings is 1. The lowest BCUT2D eigenvalue weighted by atomic mass is 10.3. The SMILES string of the molecule is Cc1nc(N2CC(S)CC2=O)c([N+](=O)[O-])cc1Br. The van der Waals surface area contributed by atoms with Crippen molar-refractivity contribution in [3.63, 3.8) is 0 Å². The van der Waals surface area contributed by atoms with Crippen molar-refractivity contribution in [1.82, 2.24) is 4.98 Å². The predicted molar refractivity (Wildman–Crippen MR) is 73.1 cm³/mol. The average Bonchev–Trinajstić information content (AvgIpc) is 2.61. The van der Waals surface area contributed by atoms with E-state index in [1.54, 1.807) is 6.92 Å². The molecule has 0 bridgehead atoms. The first kappa shape index (κ1) is 13.3. The number of halogens is 1. The summed E-state index contributed by atoms with van der Waals surface area (Å²) in [5, 5.41) is 10.9. The van der Waals surface area contributed by atoms with Gasteiger partial charge in [0.15, 0.2) is 0 Å². The molecule has 1 aromatic heterocycles. The number of aryl methyl sites for hydroxylation is 1. The van der Waals surface area contributed by atoms with Crippen molar-refractivity contribution >= 4 is 46.0 Å². The average molecular weight is 332 g/mol. The summed E-state index contributed by atoms with van der Waals surface area (Å²) in [6, 6.07) is 1.37. The Morgan fingerprint density at radius 3 is 2.83 bits per heavy atom. The van der Waals surface area contributed by atoms with Crippen molar-refractivity contribution in [3.8, 4) is 0 Å². The molecule has 8 heteroatoms. The molecule has 1 amide bonds. The summed E-state index contributed by atoms with van der Waals surface area (Å²) in [6.07, 6.45) is 0.275. The van der Waals surface area contributed by atoms with Gasteiger partial charge in [-0.3, -0.25) is 19.8 Å². The molecule has 1 aliphatic rings. The number of thiol groups is 1. The minimum atomic E-state index is -0.536. The van der Waals surface area contributed by atoms with E-state index < -0.39 is 4.92 Å². The van der Waals surface area contributed by atoms with Crippen molar-refractivity contribution in [2.24, 2.45) is 0 Å². The van der Waals surface area contributed by atoms with E-state index in [9.17, 15) is 14.9 Å². The summed E-state index contributed by atoms with van der Waals surface area (Å²) >= 11 is 7.42. The maximum atomic E-state index is 11.8. The van der Waals surface area contributed by atoms with Crippen LogP contribution in [0.15, 0.2) is 10.5 Å². The Labute approximate surface area is 117 Å². The van der Waals surface area contributed by atoms with Crippen LogP contribution >= 0.6 is 28.6 Å². The van der Waals surface area contributed by atoms with Crippen LogP contribution in [0.1, 0.15) is 12.1 Å². The number of hydrogen-bond acceptors (Lipinski definition) is 5. The van der Waals surface area contributed by atoms with Crippen molar-refractivity contribution in [1.29, 1.82) is 0 Å². The number of anilines is 1. The number of rotatable bonds is 2. The van der Waals surface area contributed by atoms with Crippen molar-refractivity contribution in [3.05, 3.63) is 26.3 Å². The number of hydrogen-bond donors (Lipinski definition) is 1. The number of nitro groups is 1. The quantitative estimate of drug-likeness (QED) is 0.511. The smallest absolute Gasteiger partial charge is 0.290 e. The fraction of sp³-hybridized carbons (Fsp3) is 0.400. The van der Waals surface area contributed by atoms with E-state index >= 15 is 0 Å². The van der Waals surface area contributed by atoms with Gasteiger partial charge in [-0.2, -0.15) is 12.6 Å². The van der Waals surface area contributed by atoms with E-state index in [1.807, 2.05) is 0 Å². The maximum absolute atomic E-state index is 11.8. The minimum Gasteiger partial charge on any atom is -0.290 e. The Balaban J connectivity index is 2.52. The Hall–Kier alpha value is -1.15. The van der Waals surface area contributed by atoms with E-state index in [1.165, 1.54) is 11.0 Å². The van der Waals surface area contributed by atoms with Gasteiger partial charge < -0.3 is 0 Å². The lowest BCUT2D eigenvalue weighted by Gasteiger charge is -2.15. The summed E-state index contributed by atoms with van der Waals surface area (Å²) < 4.78 is 0.548. The van der Waals surface area contributed by atoms with Crippen LogP contribution in [-0.4, -0.2) is 27.6 Å². The molecule has 0 radical (unpaired) electrons. The van der Waals surface area contributed by atoms with E-state index in [0.29, 0.717) is 16.7 Å². The van der Waals surface area contributed by atoms with Gasteiger partial charge >= 0.3 is 5.69 Å². The molecule has 1 saturated heterocycles. The number of carbonyl (C=O) groups excluding carboxylic acids is 1. The zero-order chi connectivity index (χ0) is 13.4. The highest BCUT2D eigenvalue weighted by Gasteiger charge is 2.34. The lowest BCUT2D eigenvalue weighted by Crippen LogP contribution is -2.26. The highest BCUT2D eigenvalue weighted by atomic mass is 79.9. The van der Waals surface area contributed by atoms with Crippen LogP contribution in [0, 0.1) is 17.0 Å². The Morgan fingerprint density at radius 2 is 2.33 bits per heavy atom. The summed E-state index contributed by atoms with van der Waals surface area (Å²) in [7, 11) is 0. The molecule has 6 nitrogen and oxygen atoms in total. The first-order valence-corrected chi connectivity index (χ1v) is 6.51. The molecule has 0 saturated carbocycles. The lowest BCUT2D eigenvalue weighted by molar-refractivity contribution is -0.384. The molecule has 0 N–H and O–H groups in total. The summed E-state index contributed by atoms with van der Waals surface area (Å²) in [6.45, 7) is 2.06. The third-order valence-corrected chi connectivity index (χ3v) is 3.82. The van der Waals surface area contributed by atoms with Crippen LogP contribution in [-0.2, 0) is 4.79 Å². The number of amides is 1. The zero-order valence-electron chi connectivity index (χ0n) is 9.46. The molecule has 96 valence electrons. The van der Waals surface area contributed by atoms with Crippen LogP contribution in [0.3, 0.4) is 0 Å². The van der Waals surface area contributed by atoms with E-state index in [4.69, 9.17) is 0 Å². The second-order valence-corrected chi connectivity index (χ2v) is 5.60. The molecule has 0 spiro atoms.